The van der Waals surface area contributed by atoms with Gasteiger partial charge >= 0.3 is 0 Å². The summed E-state index contributed by atoms with van der Waals surface area (Å²) in [6.45, 7) is 2.20. The van der Waals surface area contributed by atoms with Crippen LogP contribution in [0, 0.1) is 16.7 Å². The third-order valence-electron chi connectivity index (χ3n) is 4.64. The highest BCUT2D eigenvalue weighted by atomic mass is 16.1. The average molecular weight is 249 g/mol. The van der Waals surface area contributed by atoms with E-state index in [0.29, 0.717) is 6.42 Å². The molecule has 1 unspecified atom stereocenters. The van der Waals surface area contributed by atoms with Crippen molar-refractivity contribution >= 4 is 5.91 Å². The predicted octanol–water partition coefficient (Wildman–Crippen LogP) is 1.85. The summed E-state index contributed by atoms with van der Waals surface area (Å²) >= 11 is 0. The lowest BCUT2D eigenvalue weighted by molar-refractivity contribution is -0.122. The molecule has 2 rings (SSSR count). The number of nitrogens with two attached hydrogens (primary N) is 1. The van der Waals surface area contributed by atoms with E-state index in [4.69, 9.17) is 11.0 Å². The molecule has 18 heavy (non-hydrogen) atoms. The van der Waals surface area contributed by atoms with Crippen molar-refractivity contribution in [3.05, 3.63) is 0 Å². The van der Waals surface area contributed by atoms with Crippen LogP contribution in [0.2, 0.25) is 0 Å². The lowest BCUT2D eigenvalue weighted by Gasteiger charge is -2.38. The second-order valence-corrected chi connectivity index (χ2v) is 6.27. The molecule has 2 saturated carbocycles. The van der Waals surface area contributed by atoms with Crippen LogP contribution in [0.3, 0.4) is 0 Å². The summed E-state index contributed by atoms with van der Waals surface area (Å²) < 4.78 is 0. The number of nitrogens with zero attached hydrogens (tertiary/aromatic N) is 1. The van der Waals surface area contributed by atoms with Crippen molar-refractivity contribution in [3.8, 4) is 6.07 Å². The normalized spacial score (nSPS) is 25.8. The van der Waals surface area contributed by atoms with Gasteiger partial charge in [0.25, 0.3) is 0 Å². The van der Waals surface area contributed by atoms with Gasteiger partial charge in [-0.1, -0.05) is 26.2 Å². The van der Waals surface area contributed by atoms with Crippen molar-refractivity contribution < 1.29 is 4.79 Å². The monoisotopic (exact) mass is 249 g/mol. The van der Waals surface area contributed by atoms with Crippen LogP contribution < -0.4 is 11.1 Å². The zero-order valence-corrected chi connectivity index (χ0v) is 11.2. The molecule has 1 atom stereocenters. The summed E-state index contributed by atoms with van der Waals surface area (Å²) in [7, 11) is 0. The Hall–Kier alpha value is -1.08. The van der Waals surface area contributed by atoms with E-state index >= 15 is 0 Å². The van der Waals surface area contributed by atoms with Crippen molar-refractivity contribution in [3.63, 3.8) is 0 Å². The minimum Gasteiger partial charge on any atom is -0.338 e. The third-order valence-corrected chi connectivity index (χ3v) is 4.64. The van der Waals surface area contributed by atoms with Gasteiger partial charge < -0.3 is 11.1 Å². The fourth-order valence-electron chi connectivity index (χ4n) is 2.88. The van der Waals surface area contributed by atoms with E-state index < -0.39 is 5.54 Å². The molecule has 2 aliphatic carbocycles. The maximum absolute atomic E-state index is 11.9. The quantitative estimate of drug-likeness (QED) is 0.798. The maximum atomic E-state index is 11.9. The van der Waals surface area contributed by atoms with Crippen LogP contribution in [0.4, 0.5) is 0 Å². The van der Waals surface area contributed by atoms with E-state index in [0.717, 1.165) is 25.7 Å². The molecule has 0 aliphatic heterocycles. The topological polar surface area (TPSA) is 78.9 Å². The highest BCUT2D eigenvalue weighted by molar-refractivity contribution is 5.78. The molecule has 4 heteroatoms. The van der Waals surface area contributed by atoms with Crippen molar-refractivity contribution in [2.24, 2.45) is 11.1 Å². The Morgan fingerprint density at radius 3 is 2.44 bits per heavy atom. The molecule has 0 bridgehead atoms. The number of carbonyl (C=O) groups is 1. The lowest BCUT2D eigenvalue weighted by atomic mass is 9.70. The SMILES string of the molecule is CC1(C(N)CC(=O)NC2(C#N)CC2)CCCCC1. The van der Waals surface area contributed by atoms with Gasteiger partial charge in [-0.15, -0.1) is 0 Å². The van der Waals surface area contributed by atoms with Gasteiger partial charge in [0, 0.05) is 12.5 Å². The number of hydrogen-bond acceptors (Lipinski definition) is 3. The minimum absolute atomic E-state index is 0.0617. The van der Waals surface area contributed by atoms with Crippen molar-refractivity contribution in [1.29, 1.82) is 5.26 Å². The third kappa shape index (κ3) is 2.84. The van der Waals surface area contributed by atoms with Gasteiger partial charge in [0.15, 0.2) is 0 Å². The molecule has 0 aromatic carbocycles. The van der Waals surface area contributed by atoms with Gasteiger partial charge in [0.1, 0.15) is 5.54 Å². The van der Waals surface area contributed by atoms with Gasteiger partial charge in [0.05, 0.1) is 6.07 Å². The highest BCUT2D eigenvalue weighted by Crippen LogP contribution is 2.39. The summed E-state index contributed by atoms with van der Waals surface area (Å²) in [4.78, 5) is 11.9. The van der Waals surface area contributed by atoms with Crippen molar-refractivity contribution in [1.82, 2.24) is 5.32 Å². The number of hydrogen-bond donors (Lipinski definition) is 2. The Bertz CT molecular complexity index is 362. The molecule has 0 radical (unpaired) electrons. The van der Waals surface area contributed by atoms with E-state index in [-0.39, 0.29) is 17.4 Å². The molecule has 0 aromatic rings. The Morgan fingerprint density at radius 1 is 1.33 bits per heavy atom. The molecule has 4 nitrogen and oxygen atoms in total. The fourth-order valence-corrected chi connectivity index (χ4v) is 2.88. The van der Waals surface area contributed by atoms with Crippen molar-refractivity contribution in [2.45, 2.75) is 69.9 Å². The number of carbonyl (C=O) groups excluding carboxylic acids is 1. The second kappa shape index (κ2) is 4.89. The van der Waals surface area contributed by atoms with E-state index in [2.05, 4.69) is 18.3 Å². The van der Waals surface area contributed by atoms with Crippen LogP contribution in [0.1, 0.15) is 58.3 Å². The summed E-state index contributed by atoms with van der Waals surface area (Å²) in [5.41, 5.74) is 5.75. The Morgan fingerprint density at radius 2 is 1.94 bits per heavy atom. The van der Waals surface area contributed by atoms with Crippen molar-refractivity contribution in [2.75, 3.05) is 0 Å². The minimum atomic E-state index is -0.565. The number of rotatable bonds is 4. The summed E-state index contributed by atoms with van der Waals surface area (Å²) in [6, 6.07) is 2.08. The summed E-state index contributed by atoms with van der Waals surface area (Å²) in [6.07, 6.45) is 7.85. The first-order valence-corrected chi connectivity index (χ1v) is 6.98. The summed E-state index contributed by atoms with van der Waals surface area (Å²) in [5.74, 6) is -0.0617. The van der Waals surface area contributed by atoms with Crippen LogP contribution in [0.15, 0.2) is 0 Å². The first-order valence-electron chi connectivity index (χ1n) is 6.98. The number of nitrogens with one attached hydrogen (secondary N) is 1. The lowest BCUT2D eigenvalue weighted by Crippen LogP contribution is -2.46. The molecule has 100 valence electrons. The number of nitriles is 1. The standard InChI is InChI=1S/C14H23N3O/c1-13(5-3-2-4-6-13)11(16)9-12(18)17-14(10-15)7-8-14/h11H,2-9,16H2,1H3,(H,17,18). The Kier molecular flexibility index (Phi) is 3.63. The molecular weight excluding hydrogens is 226 g/mol. The molecule has 0 saturated heterocycles. The van der Waals surface area contributed by atoms with E-state index in [1.165, 1.54) is 19.3 Å². The molecule has 2 fully saturated rings. The van der Waals surface area contributed by atoms with Gasteiger partial charge in [-0.3, -0.25) is 4.79 Å². The van der Waals surface area contributed by atoms with Crippen LogP contribution in [-0.4, -0.2) is 17.5 Å². The van der Waals surface area contributed by atoms with E-state index in [1.54, 1.807) is 0 Å². The molecule has 1 amide bonds. The largest absolute Gasteiger partial charge is 0.338 e. The molecule has 3 N–H and O–H groups in total. The first kappa shape index (κ1) is 13.4. The van der Waals surface area contributed by atoms with Crippen LogP contribution >= 0.6 is 0 Å². The Balaban J connectivity index is 1.85. The van der Waals surface area contributed by atoms with Crippen LogP contribution in [-0.2, 0) is 4.79 Å². The maximum Gasteiger partial charge on any atom is 0.222 e. The molecule has 0 spiro atoms. The molecular formula is C14H23N3O. The first-order chi connectivity index (χ1) is 8.50. The smallest absolute Gasteiger partial charge is 0.222 e. The summed E-state index contributed by atoms with van der Waals surface area (Å²) in [5, 5.41) is 11.8. The average Bonchev–Trinajstić information content (AvgIpc) is 3.10. The zero-order valence-electron chi connectivity index (χ0n) is 11.2. The van der Waals surface area contributed by atoms with E-state index in [9.17, 15) is 4.79 Å². The second-order valence-electron chi connectivity index (χ2n) is 6.27. The predicted molar refractivity (Wildman–Crippen MR) is 69.5 cm³/mol. The van der Waals surface area contributed by atoms with Crippen LogP contribution in [0.25, 0.3) is 0 Å². The van der Waals surface area contributed by atoms with Gasteiger partial charge in [0.2, 0.25) is 5.91 Å². The fraction of sp³-hybridized carbons (Fsp3) is 0.857. The van der Waals surface area contributed by atoms with Crippen LogP contribution in [0.5, 0.6) is 0 Å². The molecule has 2 aliphatic rings. The molecule has 0 heterocycles. The Labute approximate surface area is 109 Å². The zero-order chi connectivity index (χ0) is 13.2. The molecule has 0 aromatic heterocycles. The highest BCUT2D eigenvalue weighted by Gasteiger charge is 2.45. The van der Waals surface area contributed by atoms with E-state index in [1.807, 2.05) is 0 Å². The number of amides is 1. The van der Waals surface area contributed by atoms with Gasteiger partial charge in [-0.25, -0.2) is 0 Å². The van der Waals surface area contributed by atoms with Gasteiger partial charge in [-0.2, -0.15) is 5.26 Å². The van der Waals surface area contributed by atoms with Gasteiger partial charge in [-0.05, 0) is 31.1 Å².